The predicted molar refractivity (Wildman–Crippen MR) is 99.8 cm³/mol. The van der Waals surface area contributed by atoms with E-state index in [4.69, 9.17) is 9.26 Å². The van der Waals surface area contributed by atoms with E-state index in [1.54, 1.807) is 7.05 Å². The Hall–Kier alpha value is -2.50. The summed E-state index contributed by atoms with van der Waals surface area (Å²) in [5, 5.41) is 10.6. The standard InChI is InChI=1S/C19H28N4O2/c1-13(2)18-10-17(25-23-18)12-22-19(20-5)21-11-15-6-8-16(9-7-15)24-14(3)4/h6-10,13-14H,11-12H2,1-5H3,(H2,20,21,22). The van der Waals surface area contributed by atoms with Crippen LogP contribution in [0.15, 0.2) is 39.8 Å². The van der Waals surface area contributed by atoms with Gasteiger partial charge in [-0.2, -0.15) is 0 Å². The highest BCUT2D eigenvalue weighted by Crippen LogP contribution is 2.14. The van der Waals surface area contributed by atoms with Crippen LogP contribution in [0.5, 0.6) is 5.75 Å². The maximum atomic E-state index is 5.65. The molecule has 0 saturated heterocycles. The molecule has 0 saturated carbocycles. The normalized spacial score (nSPS) is 11.9. The molecule has 0 fully saturated rings. The molecule has 6 heteroatoms. The van der Waals surface area contributed by atoms with Crippen molar-refractivity contribution in [3.05, 3.63) is 47.3 Å². The van der Waals surface area contributed by atoms with Crippen LogP contribution in [0.1, 0.15) is 50.6 Å². The van der Waals surface area contributed by atoms with Crippen LogP contribution < -0.4 is 15.4 Å². The summed E-state index contributed by atoms with van der Waals surface area (Å²) < 4.78 is 11.0. The number of ether oxygens (including phenoxy) is 1. The third-order valence-electron chi connectivity index (χ3n) is 3.58. The van der Waals surface area contributed by atoms with Gasteiger partial charge in [0.25, 0.3) is 0 Å². The van der Waals surface area contributed by atoms with E-state index in [0.29, 0.717) is 25.0 Å². The summed E-state index contributed by atoms with van der Waals surface area (Å²) in [6, 6.07) is 10.0. The van der Waals surface area contributed by atoms with Gasteiger partial charge in [-0.15, -0.1) is 0 Å². The quantitative estimate of drug-likeness (QED) is 0.594. The molecule has 0 aliphatic heterocycles. The van der Waals surface area contributed by atoms with Crippen molar-refractivity contribution >= 4 is 5.96 Å². The number of guanidine groups is 1. The van der Waals surface area contributed by atoms with E-state index < -0.39 is 0 Å². The van der Waals surface area contributed by atoms with Crippen molar-refractivity contribution < 1.29 is 9.26 Å². The number of nitrogens with one attached hydrogen (secondary N) is 2. The van der Waals surface area contributed by atoms with Gasteiger partial charge in [-0.3, -0.25) is 4.99 Å². The van der Waals surface area contributed by atoms with Gasteiger partial charge in [-0.05, 0) is 37.5 Å². The van der Waals surface area contributed by atoms with E-state index in [-0.39, 0.29) is 6.10 Å². The monoisotopic (exact) mass is 344 g/mol. The molecule has 0 radical (unpaired) electrons. The van der Waals surface area contributed by atoms with Crippen LogP contribution in [0.2, 0.25) is 0 Å². The van der Waals surface area contributed by atoms with Crippen LogP contribution in [-0.4, -0.2) is 24.3 Å². The molecular formula is C19H28N4O2. The Labute approximate surface area is 149 Å². The Kier molecular flexibility index (Phi) is 6.86. The minimum absolute atomic E-state index is 0.180. The van der Waals surface area contributed by atoms with Crippen molar-refractivity contribution in [1.82, 2.24) is 15.8 Å². The smallest absolute Gasteiger partial charge is 0.191 e. The van der Waals surface area contributed by atoms with Crippen LogP contribution in [0.25, 0.3) is 0 Å². The molecule has 2 rings (SSSR count). The van der Waals surface area contributed by atoms with Crippen molar-refractivity contribution in [2.75, 3.05) is 7.05 Å². The fraction of sp³-hybridized carbons (Fsp3) is 0.474. The molecule has 0 aliphatic carbocycles. The molecule has 25 heavy (non-hydrogen) atoms. The van der Waals surface area contributed by atoms with Crippen molar-refractivity contribution in [2.24, 2.45) is 4.99 Å². The molecule has 1 heterocycles. The second-order valence-corrected chi connectivity index (χ2v) is 6.46. The van der Waals surface area contributed by atoms with Gasteiger partial charge in [-0.1, -0.05) is 31.1 Å². The lowest BCUT2D eigenvalue weighted by molar-refractivity contribution is 0.242. The topological polar surface area (TPSA) is 71.7 Å². The van der Waals surface area contributed by atoms with Gasteiger partial charge >= 0.3 is 0 Å². The first-order valence-electron chi connectivity index (χ1n) is 8.63. The zero-order valence-corrected chi connectivity index (χ0v) is 15.7. The molecule has 136 valence electrons. The minimum Gasteiger partial charge on any atom is -0.491 e. The van der Waals surface area contributed by atoms with Gasteiger partial charge in [0.15, 0.2) is 11.7 Å². The maximum Gasteiger partial charge on any atom is 0.191 e. The number of nitrogens with zero attached hydrogens (tertiary/aromatic N) is 2. The van der Waals surface area contributed by atoms with Gasteiger partial charge in [0.2, 0.25) is 0 Å². The Morgan fingerprint density at radius 2 is 1.80 bits per heavy atom. The minimum atomic E-state index is 0.180. The number of aromatic nitrogens is 1. The summed E-state index contributed by atoms with van der Waals surface area (Å²) in [6.45, 7) is 9.43. The number of aliphatic imine (C=N–C) groups is 1. The van der Waals surface area contributed by atoms with Crippen molar-refractivity contribution in [3.63, 3.8) is 0 Å². The number of benzene rings is 1. The third kappa shape index (κ3) is 6.14. The highest BCUT2D eigenvalue weighted by atomic mass is 16.5. The highest BCUT2D eigenvalue weighted by Gasteiger charge is 2.08. The molecule has 0 aliphatic rings. The van der Waals surface area contributed by atoms with Crippen LogP contribution in [0, 0.1) is 0 Å². The van der Waals surface area contributed by atoms with E-state index >= 15 is 0 Å². The van der Waals surface area contributed by atoms with E-state index in [1.807, 2.05) is 44.2 Å². The predicted octanol–water partition coefficient (Wildman–Crippen LogP) is 3.45. The SMILES string of the molecule is CN=C(NCc1ccc(OC(C)C)cc1)NCc1cc(C(C)C)no1. The first-order chi connectivity index (χ1) is 12.0. The molecule has 1 aromatic heterocycles. The average molecular weight is 344 g/mol. The lowest BCUT2D eigenvalue weighted by atomic mass is 10.1. The third-order valence-corrected chi connectivity index (χ3v) is 3.58. The van der Waals surface area contributed by atoms with Gasteiger partial charge < -0.3 is 19.9 Å². The lowest BCUT2D eigenvalue weighted by Gasteiger charge is -2.12. The summed E-state index contributed by atoms with van der Waals surface area (Å²) in [4.78, 5) is 4.22. The molecule has 0 bridgehead atoms. The van der Waals surface area contributed by atoms with Gasteiger partial charge in [0.1, 0.15) is 5.75 Å². The first kappa shape index (κ1) is 18.8. The van der Waals surface area contributed by atoms with Gasteiger partial charge in [0, 0.05) is 19.7 Å². The average Bonchev–Trinajstić information content (AvgIpc) is 3.05. The Bertz CT molecular complexity index is 675. The van der Waals surface area contributed by atoms with E-state index in [1.165, 1.54) is 0 Å². The molecular weight excluding hydrogens is 316 g/mol. The fourth-order valence-electron chi connectivity index (χ4n) is 2.22. The molecule has 0 unspecified atom stereocenters. The van der Waals surface area contributed by atoms with Crippen molar-refractivity contribution in [3.8, 4) is 5.75 Å². The maximum absolute atomic E-state index is 5.65. The lowest BCUT2D eigenvalue weighted by Crippen LogP contribution is -2.36. The Morgan fingerprint density at radius 3 is 2.36 bits per heavy atom. The van der Waals surface area contributed by atoms with E-state index in [9.17, 15) is 0 Å². The second kappa shape index (κ2) is 9.11. The van der Waals surface area contributed by atoms with E-state index in [2.05, 4.69) is 34.6 Å². The van der Waals surface area contributed by atoms with Gasteiger partial charge in [-0.25, -0.2) is 0 Å². The molecule has 0 spiro atoms. The van der Waals surface area contributed by atoms with Crippen LogP contribution in [0.4, 0.5) is 0 Å². The number of hydrogen-bond donors (Lipinski definition) is 2. The molecule has 2 aromatic rings. The van der Waals surface area contributed by atoms with Crippen molar-refractivity contribution in [1.29, 1.82) is 0 Å². The van der Waals surface area contributed by atoms with Gasteiger partial charge in [0.05, 0.1) is 18.3 Å². The van der Waals surface area contributed by atoms with Crippen LogP contribution >= 0.6 is 0 Å². The second-order valence-electron chi connectivity index (χ2n) is 6.46. The highest BCUT2D eigenvalue weighted by molar-refractivity contribution is 5.79. The largest absolute Gasteiger partial charge is 0.491 e. The molecule has 1 aromatic carbocycles. The summed E-state index contributed by atoms with van der Waals surface area (Å²) in [5.41, 5.74) is 2.12. The number of hydrogen-bond acceptors (Lipinski definition) is 4. The summed E-state index contributed by atoms with van der Waals surface area (Å²) in [5.74, 6) is 2.75. The van der Waals surface area contributed by atoms with Crippen molar-refractivity contribution in [2.45, 2.75) is 52.8 Å². The first-order valence-corrected chi connectivity index (χ1v) is 8.63. The Morgan fingerprint density at radius 1 is 1.12 bits per heavy atom. The molecule has 6 nitrogen and oxygen atoms in total. The zero-order chi connectivity index (χ0) is 18.2. The molecule has 0 atom stereocenters. The van der Waals surface area contributed by atoms with Crippen LogP contribution in [0.3, 0.4) is 0 Å². The number of rotatable bonds is 7. The fourth-order valence-corrected chi connectivity index (χ4v) is 2.22. The molecule has 0 amide bonds. The Balaban J connectivity index is 1.81. The summed E-state index contributed by atoms with van der Waals surface area (Å²) >= 11 is 0. The van der Waals surface area contributed by atoms with Crippen LogP contribution in [-0.2, 0) is 13.1 Å². The zero-order valence-electron chi connectivity index (χ0n) is 15.7. The molecule has 2 N–H and O–H groups in total. The van der Waals surface area contributed by atoms with E-state index in [0.717, 1.165) is 22.8 Å². The summed E-state index contributed by atoms with van der Waals surface area (Å²) in [7, 11) is 1.74. The summed E-state index contributed by atoms with van der Waals surface area (Å²) in [6.07, 6.45) is 0.180.